The number of nitrogens with one attached hydrogen (secondary N) is 1. The predicted molar refractivity (Wildman–Crippen MR) is 103 cm³/mol. The molecule has 1 atom stereocenters. The maximum absolute atomic E-state index is 11.3. The zero-order chi connectivity index (χ0) is 19.3. The van der Waals surface area contributed by atoms with E-state index in [1.807, 2.05) is 12.1 Å². The summed E-state index contributed by atoms with van der Waals surface area (Å²) in [7, 11) is 0. The van der Waals surface area contributed by atoms with Crippen molar-refractivity contribution in [3.63, 3.8) is 0 Å². The van der Waals surface area contributed by atoms with Gasteiger partial charge in [0.25, 0.3) is 0 Å². The molecule has 0 bridgehead atoms. The quantitative estimate of drug-likeness (QED) is 0.479. The van der Waals surface area contributed by atoms with E-state index in [4.69, 9.17) is 18.6 Å². The van der Waals surface area contributed by atoms with Crippen LogP contribution in [0.3, 0.4) is 0 Å². The number of aromatic hydroxyl groups is 1. The van der Waals surface area contributed by atoms with Crippen LogP contribution in [0.25, 0.3) is 11.0 Å². The summed E-state index contributed by atoms with van der Waals surface area (Å²) in [5.74, 6) is 2.03. The molecule has 0 amide bonds. The van der Waals surface area contributed by atoms with E-state index in [-0.39, 0.29) is 17.5 Å². The molecular formula is C21H21NO6. The van der Waals surface area contributed by atoms with Crippen LogP contribution in [0.1, 0.15) is 6.42 Å². The summed E-state index contributed by atoms with van der Waals surface area (Å²) >= 11 is 0. The van der Waals surface area contributed by atoms with Gasteiger partial charge in [0.15, 0.2) is 11.5 Å². The van der Waals surface area contributed by atoms with Crippen molar-refractivity contribution in [3.05, 3.63) is 59.0 Å². The lowest BCUT2D eigenvalue weighted by Gasteiger charge is -2.26. The van der Waals surface area contributed by atoms with Crippen molar-refractivity contribution in [2.45, 2.75) is 12.5 Å². The van der Waals surface area contributed by atoms with E-state index < -0.39 is 0 Å². The molecule has 2 heterocycles. The molecule has 0 spiro atoms. The van der Waals surface area contributed by atoms with E-state index in [9.17, 15) is 9.90 Å². The van der Waals surface area contributed by atoms with Crippen molar-refractivity contribution in [1.29, 1.82) is 0 Å². The van der Waals surface area contributed by atoms with Gasteiger partial charge in [0, 0.05) is 30.1 Å². The Hall–Kier alpha value is -3.19. The fourth-order valence-electron chi connectivity index (χ4n) is 2.99. The highest BCUT2D eigenvalue weighted by atomic mass is 16.6. The number of fused-ring (bicyclic) bond motifs is 2. The van der Waals surface area contributed by atoms with Gasteiger partial charge in [-0.3, -0.25) is 0 Å². The minimum Gasteiger partial charge on any atom is -0.508 e. The first-order valence-electron chi connectivity index (χ1n) is 9.17. The zero-order valence-corrected chi connectivity index (χ0v) is 15.2. The highest BCUT2D eigenvalue weighted by Gasteiger charge is 2.20. The van der Waals surface area contributed by atoms with Crippen LogP contribution in [0.2, 0.25) is 0 Å². The van der Waals surface area contributed by atoms with Gasteiger partial charge in [-0.15, -0.1) is 0 Å². The number of benzene rings is 2. The molecule has 3 aromatic rings. The molecule has 4 rings (SSSR count). The third-order valence-corrected chi connectivity index (χ3v) is 4.38. The summed E-state index contributed by atoms with van der Waals surface area (Å²) in [5, 5.41) is 13.7. The second-order valence-electron chi connectivity index (χ2n) is 6.54. The summed E-state index contributed by atoms with van der Waals surface area (Å²) < 4.78 is 22.3. The van der Waals surface area contributed by atoms with Gasteiger partial charge in [-0.25, -0.2) is 4.79 Å². The number of rotatable bonds is 7. The topological polar surface area (TPSA) is 90.2 Å². The van der Waals surface area contributed by atoms with Crippen LogP contribution in [0.15, 0.2) is 57.7 Å². The van der Waals surface area contributed by atoms with Crippen LogP contribution >= 0.6 is 0 Å². The second-order valence-corrected chi connectivity index (χ2v) is 6.54. The number of ether oxygens (including phenoxy) is 3. The van der Waals surface area contributed by atoms with E-state index in [1.54, 1.807) is 30.3 Å². The summed E-state index contributed by atoms with van der Waals surface area (Å²) in [6.45, 7) is 2.39. The Bertz CT molecular complexity index is 1020. The Balaban J connectivity index is 1.18. The summed E-state index contributed by atoms with van der Waals surface area (Å²) in [6.07, 6.45) is 0.695. The summed E-state index contributed by atoms with van der Waals surface area (Å²) in [6, 6.07) is 13.4. The molecule has 2 N–H and O–H groups in total. The summed E-state index contributed by atoms with van der Waals surface area (Å²) in [4.78, 5) is 11.3. The molecule has 7 heteroatoms. The molecule has 0 aliphatic carbocycles. The van der Waals surface area contributed by atoms with E-state index in [0.717, 1.165) is 18.4 Å². The van der Waals surface area contributed by atoms with Gasteiger partial charge in [0.2, 0.25) is 0 Å². The van der Waals surface area contributed by atoms with Crippen LogP contribution in [-0.4, -0.2) is 37.5 Å². The molecule has 0 fully saturated rings. The van der Waals surface area contributed by atoms with Gasteiger partial charge in [0.1, 0.15) is 29.8 Å². The average Bonchev–Trinajstić information content (AvgIpc) is 2.70. The number of phenolic OH excluding ortho intramolecular Hbond substituents is 1. The molecule has 0 unspecified atom stereocenters. The lowest BCUT2D eigenvalue weighted by Crippen LogP contribution is -2.39. The molecule has 0 saturated heterocycles. The van der Waals surface area contributed by atoms with Crippen molar-refractivity contribution in [2.24, 2.45) is 0 Å². The molecule has 2 aromatic carbocycles. The van der Waals surface area contributed by atoms with Crippen molar-refractivity contribution >= 4 is 11.0 Å². The summed E-state index contributed by atoms with van der Waals surface area (Å²) in [5.41, 5.74) is 0.143. The Kier molecular flexibility index (Phi) is 5.34. The van der Waals surface area contributed by atoms with E-state index in [2.05, 4.69) is 5.32 Å². The third kappa shape index (κ3) is 4.37. The van der Waals surface area contributed by atoms with E-state index in [0.29, 0.717) is 42.6 Å². The minimum absolute atomic E-state index is 0.112. The number of hydrogen-bond donors (Lipinski definition) is 2. The van der Waals surface area contributed by atoms with Gasteiger partial charge in [-0.05, 0) is 43.3 Å². The molecule has 1 aromatic heterocycles. The first kappa shape index (κ1) is 18.2. The minimum atomic E-state index is -0.374. The van der Waals surface area contributed by atoms with Crippen LogP contribution in [-0.2, 0) is 0 Å². The molecule has 0 saturated carbocycles. The Morgan fingerprint density at radius 2 is 2.00 bits per heavy atom. The largest absolute Gasteiger partial charge is 0.508 e. The van der Waals surface area contributed by atoms with E-state index in [1.165, 1.54) is 6.07 Å². The van der Waals surface area contributed by atoms with Gasteiger partial charge in [-0.1, -0.05) is 0 Å². The lowest BCUT2D eigenvalue weighted by molar-refractivity contribution is 0.0898. The maximum atomic E-state index is 11.3. The second kappa shape index (κ2) is 8.22. The third-order valence-electron chi connectivity index (χ3n) is 4.38. The van der Waals surface area contributed by atoms with E-state index >= 15 is 0 Å². The molecular weight excluding hydrogens is 362 g/mol. The monoisotopic (exact) mass is 383 g/mol. The number of hydrogen-bond acceptors (Lipinski definition) is 7. The fraction of sp³-hybridized carbons (Fsp3) is 0.286. The van der Waals surface area contributed by atoms with Crippen molar-refractivity contribution < 1.29 is 23.7 Å². The Morgan fingerprint density at radius 3 is 2.93 bits per heavy atom. The van der Waals surface area contributed by atoms with Crippen LogP contribution in [0, 0.1) is 0 Å². The van der Waals surface area contributed by atoms with Crippen LogP contribution < -0.4 is 25.2 Å². The lowest BCUT2D eigenvalue weighted by atomic mass is 10.2. The Labute approximate surface area is 161 Å². The normalized spacial score (nSPS) is 15.5. The molecule has 28 heavy (non-hydrogen) atoms. The first-order valence-corrected chi connectivity index (χ1v) is 9.17. The van der Waals surface area contributed by atoms with Crippen molar-refractivity contribution in [2.75, 3.05) is 26.3 Å². The fourth-order valence-corrected chi connectivity index (χ4v) is 2.99. The van der Waals surface area contributed by atoms with Gasteiger partial charge >= 0.3 is 5.63 Å². The van der Waals surface area contributed by atoms with Crippen molar-refractivity contribution in [1.82, 2.24) is 5.32 Å². The standard InChI is InChI=1S/C21H21NO6/c23-15-4-6-18-20(10-15)27-17(13-26-18)12-22-8-1-9-25-16-5-2-14-3-7-21(24)28-19(14)11-16/h2-7,10-11,17,22-23H,1,8-9,12-13H2/t17-/m0/s1. The maximum Gasteiger partial charge on any atom is 0.336 e. The molecule has 0 radical (unpaired) electrons. The van der Waals surface area contributed by atoms with Crippen molar-refractivity contribution in [3.8, 4) is 23.0 Å². The molecule has 7 nitrogen and oxygen atoms in total. The zero-order valence-electron chi connectivity index (χ0n) is 15.2. The van der Waals surface area contributed by atoms with Crippen LogP contribution in [0.4, 0.5) is 0 Å². The highest BCUT2D eigenvalue weighted by Crippen LogP contribution is 2.34. The molecule has 146 valence electrons. The van der Waals surface area contributed by atoms with Gasteiger partial charge < -0.3 is 29.1 Å². The highest BCUT2D eigenvalue weighted by molar-refractivity contribution is 5.77. The predicted octanol–water partition coefficient (Wildman–Crippen LogP) is 2.70. The van der Waals surface area contributed by atoms with Gasteiger partial charge in [-0.2, -0.15) is 0 Å². The first-order chi connectivity index (χ1) is 13.7. The van der Waals surface area contributed by atoms with Crippen LogP contribution in [0.5, 0.6) is 23.0 Å². The average molecular weight is 383 g/mol. The SMILES string of the molecule is O=c1ccc2ccc(OCCCNC[C@H]3COc4ccc(O)cc4O3)cc2o1. The smallest absolute Gasteiger partial charge is 0.336 e. The van der Waals surface area contributed by atoms with Gasteiger partial charge in [0.05, 0.1) is 6.61 Å². The number of phenols is 1. The molecule has 1 aliphatic heterocycles. The molecule has 1 aliphatic rings. The Morgan fingerprint density at radius 1 is 1.11 bits per heavy atom.